The first-order valence-electron chi connectivity index (χ1n) is 5.23. The predicted octanol–water partition coefficient (Wildman–Crippen LogP) is 3.30. The SMILES string of the molecule is O=[N+]([O-])c1ccc(Oc2ccccc2[N+](=O)[O-])cc1. The smallest absolute Gasteiger partial charge is 0.311 e. The number of ether oxygens (including phenoxy) is 1. The molecule has 0 aliphatic carbocycles. The number of nitro benzene ring substituents is 2. The molecule has 7 heteroatoms. The number of rotatable bonds is 4. The van der Waals surface area contributed by atoms with Gasteiger partial charge in [-0.1, -0.05) is 12.1 Å². The predicted molar refractivity (Wildman–Crippen MR) is 66.3 cm³/mol. The second kappa shape index (κ2) is 5.13. The van der Waals surface area contributed by atoms with Crippen molar-refractivity contribution in [3.63, 3.8) is 0 Å². The quantitative estimate of drug-likeness (QED) is 0.620. The van der Waals surface area contributed by atoms with Crippen LogP contribution in [-0.4, -0.2) is 9.85 Å². The van der Waals surface area contributed by atoms with Crippen LogP contribution in [0.25, 0.3) is 0 Å². The molecule has 0 aromatic heterocycles. The van der Waals surface area contributed by atoms with E-state index in [1.54, 1.807) is 6.07 Å². The van der Waals surface area contributed by atoms with Crippen molar-refractivity contribution >= 4 is 11.4 Å². The Morgan fingerprint density at radius 1 is 0.842 bits per heavy atom. The average Bonchev–Trinajstić information content (AvgIpc) is 2.39. The molecule has 96 valence electrons. The van der Waals surface area contributed by atoms with Crippen LogP contribution >= 0.6 is 0 Å². The van der Waals surface area contributed by atoms with Gasteiger partial charge < -0.3 is 4.74 Å². The first-order chi connectivity index (χ1) is 9.08. The molecule has 2 aromatic rings. The number of non-ortho nitro benzene ring substituents is 1. The van der Waals surface area contributed by atoms with E-state index in [4.69, 9.17) is 4.74 Å². The zero-order chi connectivity index (χ0) is 13.8. The summed E-state index contributed by atoms with van der Waals surface area (Å²) in [5.74, 6) is 0.376. The molecule has 0 aliphatic heterocycles. The van der Waals surface area contributed by atoms with Gasteiger partial charge in [0.05, 0.1) is 9.85 Å². The van der Waals surface area contributed by atoms with Crippen LogP contribution < -0.4 is 4.74 Å². The van der Waals surface area contributed by atoms with Crippen LogP contribution in [-0.2, 0) is 0 Å². The van der Waals surface area contributed by atoms with Crippen LogP contribution in [0.5, 0.6) is 11.5 Å². The van der Waals surface area contributed by atoms with Crippen molar-refractivity contribution in [2.24, 2.45) is 0 Å². The highest BCUT2D eigenvalue weighted by molar-refractivity contribution is 5.48. The van der Waals surface area contributed by atoms with Crippen molar-refractivity contribution in [3.8, 4) is 11.5 Å². The monoisotopic (exact) mass is 260 g/mol. The summed E-state index contributed by atoms with van der Waals surface area (Å²) in [4.78, 5) is 20.2. The van der Waals surface area contributed by atoms with Crippen molar-refractivity contribution in [1.29, 1.82) is 0 Å². The molecule has 0 heterocycles. The molecule has 0 amide bonds. The van der Waals surface area contributed by atoms with Crippen molar-refractivity contribution in [2.75, 3.05) is 0 Å². The summed E-state index contributed by atoms with van der Waals surface area (Å²) < 4.78 is 5.34. The van der Waals surface area contributed by atoms with Gasteiger partial charge in [0.1, 0.15) is 5.75 Å². The fourth-order valence-corrected chi connectivity index (χ4v) is 1.46. The van der Waals surface area contributed by atoms with Crippen LogP contribution in [0, 0.1) is 20.2 Å². The molecule has 0 aliphatic rings. The molecule has 0 radical (unpaired) electrons. The number of benzene rings is 2. The van der Waals surface area contributed by atoms with E-state index in [0.29, 0.717) is 5.75 Å². The maximum Gasteiger partial charge on any atom is 0.311 e. The van der Waals surface area contributed by atoms with E-state index in [1.807, 2.05) is 0 Å². The molecule has 0 atom stereocenters. The zero-order valence-corrected chi connectivity index (χ0v) is 9.55. The van der Waals surface area contributed by atoms with E-state index < -0.39 is 9.85 Å². The van der Waals surface area contributed by atoms with Gasteiger partial charge in [-0.15, -0.1) is 0 Å². The second-order valence-corrected chi connectivity index (χ2v) is 3.58. The normalized spacial score (nSPS) is 9.89. The lowest BCUT2D eigenvalue weighted by molar-refractivity contribution is -0.385. The molecule has 0 unspecified atom stereocenters. The zero-order valence-electron chi connectivity index (χ0n) is 9.55. The van der Waals surface area contributed by atoms with Crippen LogP contribution in [0.3, 0.4) is 0 Å². The molecule has 2 aromatic carbocycles. The Kier molecular flexibility index (Phi) is 3.37. The molecule has 0 N–H and O–H groups in total. The van der Waals surface area contributed by atoms with Crippen molar-refractivity contribution in [3.05, 3.63) is 68.8 Å². The molecule has 19 heavy (non-hydrogen) atoms. The van der Waals surface area contributed by atoms with Gasteiger partial charge in [0.2, 0.25) is 5.75 Å². The Hall–Kier alpha value is -2.96. The summed E-state index contributed by atoms with van der Waals surface area (Å²) in [6.07, 6.45) is 0. The highest BCUT2D eigenvalue weighted by atomic mass is 16.6. The number of hydrogen-bond donors (Lipinski definition) is 0. The van der Waals surface area contributed by atoms with E-state index in [2.05, 4.69) is 0 Å². The third-order valence-electron chi connectivity index (χ3n) is 2.34. The fraction of sp³-hybridized carbons (Fsp3) is 0. The maximum atomic E-state index is 10.8. The number of hydrogen-bond acceptors (Lipinski definition) is 5. The van der Waals surface area contributed by atoms with E-state index in [-0.39, 0.29) is 17.1 Å². The number of para-hydroxylation sites is 2. The minimum Gasteiger partial charge on any atom is -0.450 e. The van der Waals surface area contributed by atoms with Crippen molar-refractivity contribution in [1.82, 2.24) is 0 Å². The van der Waals surface area contributed by atoms with Crippen LogP contribution in [0.2, 0.25) is 0 Å². The van der Waals surface area contributed by atoms with E-state index in [0.717, 1.165) is 0 Å². The Labute approximate surface area is 107 Å². The van der Waals surface area contributed by atoms with Gasteiger partial charge in [-0.05, 0) is 18.2 Å². The summed E-state index contributed by atoms with van der Waals surface area (Å²) >= 11 is 0. The van der Waals surface area contributed by atoms with Gasteiger partial charge in [0.25, 0.3) is 5.69 Å². The van der Waals surface area contributed by atoms with E-state index in [1.165, 1.54) is 42.5 Å². The molecular formula is C12H8N2O5. The average molecular weight is 260 g/mol. The van der Waals surface area contributed by atoms with Crippen LogP contribution in [0.1, 0.15) is 0 Å². The van der Waals surface area contributed by atoms with Gasteiger partial charge in [0, 0.05) is 18.2 Å². The Morgan fingerprint density at radius 3 is 2.05 bits per heavy atom. The lowest BCUT2D eigenvalue weighted by atomic mass is 10.3. The standard InChI is InChI=1S/C12H8N2O5/c15-13(16)9-5-7-10(8-6-9)19-12-4-2-1-3-11(12)14(17)18/h1-8H. The first-order valence-corrected chi connectivity index (χ1v) is 5.23. The van der Waals surface area contributed by atoms with Gasteiger partial charge in [-0.2, -0.15) is 0 Å². The summed E-state index contributed by atoms with van der Waals surface area (Å²) in [7, 11) is 0. The van der Waals surface area contributed by atoms with Crippen LogP contribution in [0.4, 0.5) is 11.4 Å². The van der Waals surface area contributed by atoms with Crippen LogP contribution in [0.15, 0.2) is 48.5 Å². The molecule has 0 saturated heterocycles. The Balaban J connectivity index is 2.26. The van der Waals surface area contributed by atoms with E-state index in [9.17, 15) is 20.2 Å². The van der Waals surface area contributed by atoms with Gasteiger partial charge in [-0.3, -0.25) is 20.2 Å². The molecular weight excluding hydrogens is 252 g/mol. The van der Waals surface area contributed by atoms with E-state index >= 15 is 0 Å². The molecule has 0 bridgehead atoms. The van der Waals surface area contributed by atoms with Gasteiger partial charge >= 0.3 is 5.69 Å². The lowest BCUT2D eigenvalue weighted by Crippen LogP contribution is -1.93. The summed E-state index contributed by atoms with van der Waals surface area (Å²) in [5, 5.41) is 21.3. The minimum absolute atomic E-state index is 0.0742. The van der Waals surface area contributed by atoms with Crippen molar-refractivity contribution < 1.29 is 14.6 Å². The number of nitro groups is 2. The largest absolute Gasteiger partial charge is 0.450 e. The topological polar surface area (TPSA) is 95.5 Å². The van der Waals surface area contributed by atoms with Crippen molar-refractivity contribution in [2.45, 2.75) is 0 Å². The highest BCUT2D eigenvalue weighted by Crippen LogP contribution is 2.31. The molecule has 0 spiro atoms. The third-order valence-corrected chi connectivity index (χ3v) is 2.34. The first kappa shape index (κ1) is 12.5. The van der Waals surface area contributed by atoms with Gasteiger partial charge in [-0.25, -0.2) is 0 Å². The summed E-state index contributed by atoms with van der Waals surface area (Å²) in [5.41, 5.74) is -0.240. The third kappa shape index (κ3) is 2.83. The summed E-state index contributed by atoms with van der Waals surface area (Å²) in [6, 6.07) is 11.2. The molecule has 0 saturated carbocycles. The second-order valence-electron chi connectivity index (χ2n) is 3.58. The fourth-order valence-electron chi connectivity index (χ4n) is 1.46. The molecule has 0 fully saturated rings. The maximum absolute atomic E-state index is 10.8. The lowest BCUT2D eigenvalue weighted by Gasteiger charge is -2.05. The number of nitrogens with zero attached hydrogens (tertiary/aromatic N) is 2. The van der Waals surface area contributed by atoms with Gasteiger partial charge in [0.15, 0.2) is 0 Å². The highest BCUT2D eigenvalue weighted by Gasteiger charge is 2.14. The Bertz CT molecular complexity index is 624. The minimum atomic E-state index is -0.555. The summed E-state index contributed by atoms with van der Waals surface area (Å²) in [6.45, 7) is 0. The molecule has 2 rings (SSSR count). The molecule has 7 nitrogen and oxygen atoms in total. The Morgan fingerprint density at radius 2 is 1.47 bits per heavy atom.